The van der Waals surface area contributed by atoms with Crippen LogP contribution in [0.2, 0.25) is 0 Å². The molecule has 2 aromatic heterocycles. The number of aromatic nitrogens is 2. The van der Waals surface area contributed by atoms with Crippen LogP contribution in [0, 0.1) is 0 Å². The fourth-order valence-corrected chi connectivity index (χ4v) is 4.77. The van der Waals surface area contributed by atoms with E-state index in [-0.39, 0.29) is 40.3 Å². The van der Waals surface area contributed by atoms with Gasteiger partial charge in [-0.3, -0.25) is 9.59 Å². The molecule has 204 valence electrons. The smallest absolute Gasteiger partial charge is 0.417 e. The third-order valence-corrected chi connectivity index (χ3v) is 6.69. The van der Waals surface area contributed by atoms with Crippen LogP contribution in [0.25, 0.3) is 22.0 Å². The summed E-state index contributed by atoms with van der Waals surface area (Å²) in [6, 6.07) is 18.6. The monoisotopic (exact) mass is 546 g/mol. The summed E-state index contributed by atoms with van der Waals surface area (Å²) in [6.07, 6.45) is -2.43. The first-order chi connectivity index (χ1) is 19.2. The Kier molecular flexibility index (Phi) is 7.08. The zero-order valence-electron chi connectivity index (χ0n) is 21.4. The lowest BCUT2D eigenvalue weighted by Gasteiger charge is -2.15. The lowest BCUT2D eigenvalue weighted by Crippen LogP contribution is -2.26. The van der Waals surface area contributed by atoms with Gasteiger partial charge in [-0.25, -0.2) is 0 Å². The number of ether oxygens (including phenoxy) is 1. The van der Waals surface area contributed by atoms with Crippen LogP contribution < -0.4 is 15.8 Å². The van der Waals surface area contributed by atoms with Crippen LogP contribution in [0.4, 0.5) is 19.0 Å². The molecule has 0 aliphatic rings. The third kappa shape index (κ3) is 5.03. The van der Waals surface area contributed by atoms with Crippen LogP contribution in [0.1, 0.15) is 37.5 Å². The van der Waals surface area contributed by atoms with Crippen molar-refractivity contribution in [3.63, 3.8) is 0 Å². The van der Waals surface area contributed by atoms with Crippen LogP contribution in [-0.4, -0.2) is 35.3 Å². The summed E-state index contributed by atoms with van der Waals surface area (Å²) in [7, 11) is 1.47. The van der Waals surface area contributed by atoms with E-state index in [9.17, 15) is 22.8 Å². The number of benzene rings is 3. The van der Waals surface area contributed by atoms with Gasteiger partial charge in [0.1, 0.15) is 11.6 Å². The molecular formula is C30H25F3N4O3. The normalized spacial score (nSPS) is 11.5. The summed E-state index contributed by atoms with van der Waals surface area (Å²) < 4.78 is 47.3. The number of hydrogen-bond acceptors (Lipinski definition) is 4. The molecule has 0 aliphatic carbocycles. The maximum Gasteiger partial charge on any atom is 0.417 e. The van der Waals surface area contributed by atoms with Crippen LogP contribution in [0.5, 0.6) is 5.75 Å². The summed E-state index contributed by atoms with van der Waals surface area (Å²) in [5.74, 6) is -1.04. The molecule has 0 saturated heterocycles. The average molecular weight is 547 g/mol. The van der Waals surface area contributed by atoms with Crippen LogP contribution in [-0.2, 0) is 12.6 Å². The van der Waals surface area contributed by atoms with Gasteiger partial charge in [-0.15, -0.1) is 0 Å². The van der Waals surface area contributed by atoms with Crippen molar-refractivity contribution in [3.8, 4) is 16.9 Å². The van der Waals surface area contributed by atoms with E-state index in [4.69, 9.17) is 10.5 Å². The predicted octanol–water partition coefficient (Wildman–Crippen LogP) is 5.98. The number of nitrogen functional groups attached to an aromatic ring is 1. The first kappa shape index (κ1) is 26.6. The van der Waals surface area contributed by atoms with Crippen LogP contribution in [0.15, 0.2) is 79.0 Å². The Morgan fingerprint density at radius 2 is 1.68 bits per heavy atom. The molecule has 0 spiro atoms. The van der Waals surface area contributed by atoms with Crippen LogP contribution >= 0.6 is 0 Å². The van der Waals surface area contributed by atoms with E-state index in [0.29, 0.717) is 12.2 Å². The Labute approximate surface area is 227 Å². The zero-order valence-corrected chi connectivity index (χ0v) is 21.4. The molecular weight excluding hydrogens is 521 g/mol. The fourth-order valence-electron chi connectivity index (χ4n) is 4.77. The van der Waals surface area contributed by atoms with E-state index in [0.717, 1.165) is 22.5 Å². The molecule has 40 heavy (non-hydrogen) atoms. The molecule has 10 heteroatoms. The lowest BCUT2D eigenvalue weighted by molar-refractivity contribution is -0.137. The molecule has 7 nitrogen and oxygen atoms in total. The molecule has 0 aliphatic heterocycles. The molecule has 5 rings (SSSR count). The van der Waals surface area contributed by atoms with Gasteiger partial charge in [0.05, 0.1) is 23.9 Å². The Bertz CT molecular complexity index is 1700. The summed E-state index contributed by atoms with van der Waals surface area (Å²) in [5, 5.41) is 3.76. The Morgan fingerprint density at radius 3 is 2.40 bits per heavy atom. The van der Waals surface area contributed by atoms with Gasteiger partial charge in [-0.2, -0.15) is 13.2 Å². The molecule has 5 N–H and O–H groups in total. The van der Waals surface area contributed by atoms with Gasteiger partial charge in [-0.1, -0.05) is 36.4 Å². The van der Waals surface area contributed by atoms with E-state index >= 15 is 0 Å². The van der Waals surface area contributed by atoms with Gasteiger partial charge in [0.2, 0.25) is 5.78 Å². The largest absolute Gasteiger partial charge is 0.497 e. The molecule has 2 heterocycles. The van der Waals surface area contributed by atoms with Crippen molar-refractivity contribution in [2.24, 2.45) is 0 Å². The van der Waals surface area contributed by atoms with Crippen molar-refractivity contribution < 1.29 is 27.5 Å². The number of nitrogens with one attached hydrogen (secondary N) is 3. The highest BCUT2D eigenvalue weighted by Gasteiger charge is 2.37. The molecule has 0 atom stereocenters. The highest BCUT2D eigenvalue weighted by atomic mass is 19.4. The standard InChI is InChI=1S/C30H25F3N4O3/c1-40-19-12-10-17(11-13-19)27(38)26-24(21-7-2-4-8-22(21)30(31,32)33)25(28(34)37-26)29(39)35-15-14-18-16-36-23-9-5-3-6-20(18)23/h2-13,16,36-37H,14-15,34H2,1H3,(H,35,39). The molecule has 0 saturated carbocycles. The molecule has 0 unspecified atom stereocenters. The van der Waals surface area contributed by atoms with E-state index < -0.39 is 23.4 Å². The number of carbonyl (C=O) groups excluding carboxylic acids is 2. The summed E-state index contributed by atoms with van der Waals surface area (Å²) in [6.45, 7) is 0.188. The van der Waals surface area contributed by atoms with Gasteiger partial charge in [0.25, 0.3) is 5.91 Å². The van der Waals surface area contributed by atoms with Crippen molar-refractivity contribution in [2.75, 3.05) is 19.4 Å². The number of ketones is 1. The number of aromatic amines is 2. The fraction of sp³-hybridized carbons (Fsp3) is 0.133. The Balaban J connectivity index is 1.54. The second-order valence-corrected chi connectivity index (χ2v) is 9.13. The summed E-state index contributed by atoms with van der Waals surface area (Å²) >= 11 is 0. The zero-order chi connectivity index (χ0) is 28.4. The average Bonchev–Trinajstić information content (AvgIpc) is 3.53. The minimum atomic E-state index is -4.74. The Morgan fingerprint density at radius 1 is 0.975 bits per heavy atom. The highest BCUT2D eigenvalue weighted by Crippen LogP contribution is 2.41. The number of H-pyrrole nitrogens is 2. The number of carbonyl (C=O) groups is 2. The highest BCUT2D eigenvalue weighted by molar-refractivity contribution is 6.17. The minimum absolute atomic E-state index is 0.180. The van der Waals surface area contributed by atoms with E-state index in [1.165, 1.54) is 37.4 Å². The number of amides is 1. The van der Waals surface area contributed by atoms with Crippen molar-refractivity contribution in [1.82, 2.24) is 15.3 Å². The number of halogens is 3. The third-order valence-electron chi connectivity index (χ3n) is 6.69. The minimum Gasteiger partial charge on any atom is -0.497 e. The number of methoxy groups -OCH3 is 1. The maximum absolute atomic E-state index is 14.1. The number of rotatable bonds is 8. The SMILES string of the molecule is COc1ccc(C(=O)c2[nH]c(N)c(C(=O)NCCc3c[nH]c4ccccc34)c2-c2ccccc2C(F)(F)F)cc1. The molecule has 0 bridgehead atoms. The summed E-state index contributed by atoms with van der Waals surface area (Å²) in [4.78, 5) is 32.8. The first-order valence-corrected chi connectivity index (χ1v) is 12.4. The van der Waals surface area contributed by atoms with E-state index in [1.54, 1.807) is 12.1 Å². The Hall–Kier alpha value is -4.99. The first-order valence-electron chi connectivity index (χ1n) is 12.4. The molecule has 5 aromatic rings. The quantitative estimate of drug-likeness (QED) is 0.180. The second-order valence-electron chi connectivity index (χ2n) is 9.13. The van der Waals surface area contributed by atoms with Crippen molar-refractivity contribution in [3.05, 3.63) is 107 Å². The number of alkyl halides is 3. The number of anilines is 1. The molecule has 0 radical (unpaired) electrons. The van der Waals surface area contributed by atoms with Crippen LogP contribution in [0.3, 0.4) is 0 Å². The molecule has 3 aromatic carbocycles. The topological polar surface area (TPSA) is 113 Å². The van der Waals surface area contributed by atoms with Crippen molar-refractivity contribution in [2.45, 2.75) is 12.6 Å². The number of nitrogens with two attached hydrogens (primary N) is 1. The van der Waals surface area contributed by atoms with Gasteiger partial charge >= 0.3 is 6.18 Å². The maximum atomic E-state index is 14.1. The summed E-state index contributed by atoms with van der Waals surface area (Å²) in [5.41, 5.74) is 6.28. The van der Waals surface area contributed by atoms with Crippen molar-refractivity contribution >= 4 is 28.4 Å². The van der Waals surface area contributed by atoms with Gasteiger partial charge in [0.15, 0.2) is 0 Å². The number of fused-ring (bicyclic) bond motifs is 1. The molecule has 0 fully saturated rings. The predicted molar refractivity (Wildman–Crippen MR) is 146 cm³/mol. The lowest BCUT2D eigenvalue weighted by atomic mass is 9.92. The molecule has 1 amide bonds. The van der Waals surface area contributed by atoms with E-state index in [2.05, 4.69) is 15.3 Å². The van der Waals surface area contributed by atoms with E-state index in [1.807, 2.05) is 30.5 Å². The van der Waals surface area contributed by atoms with Gasteiger partial charge < -0.3 is 25.8 Å². The number of para-hydroxylation sites is 1. The number of hydrogen-bond donors (Lipinski definition) is 4. The van der Waals surface area contributed by atoms with Gasteiger partial charge in [0, 0.05) is 34.8 Å². The van der Waals surface area contributed by atoms with Gasteiger partial charge in [-0.05, 0) is 53.9 Å². The van der Waals surface area contributed by atoms with Crippen molar-refractivity contribution in [1.29, 1.82) is 0 Å². The second kappa shape index (κ2) is 10.6.